The van der Waals surface area contributed by atoms with E-state index in [0.717, 1.165) is 16.9 Å². The molecule has 0 aromatic carbocycles. The molecule has 0 aliphatic carbocycles. The number of nitrogens with zero attached hydrogens (tertiary/aromatic N) is 2. The number of hydrogen-bond donors (Lipinski definition) is 2. The second-order valence-electron chi connectivity index (χ2n) is 3.35. The van der Waals surface area contributed by atoms with E-state index in [-0.39, 0.29) is 6.04 Å². The van der Waals surface area contributed by atoms with E-state index in [1.807, 2.05) is 13.8 Å². The Labute approximate surface area is 104 Å². The quantitative estimate of drug-likeness (QED) is 0.840. The van der Waals surface area contributed by atoms with Crippen molar-refractivity contribution in [1.29, 1.82) is 0 Å². The highest BCUT2D eigenvalue weighted by molar-refractivity contribution is 9.10. The van der Waals surface area contributed by atoms with E-state index in [4.69, 9.17) is 4.74 Å². The first kappa shape index (κ1) is 13.2. The second kappa shape index (κ2) is 6.65. The van der Waals surface area contributed by atoms with Gasteiger partial charge in [0.2, 0.25) is 5.95 Å². The van der Waals surface area contributed by atoms with Crippen molar-refractivity contribution in [3.63, 3.8) is 0 Å². The third kappa shape index (κ3) is 3.94. The number of rotatable bonds is 6. The van der Waals surface area contributed by atoms with Crippen LogP contribution in [0.15, 0.2) is 10.7 Å². The third-order valence-electron chi connectivity index (χ3n) is 1.92. The van der Waals surface area contributed by atoms with E-state index in [1.54, 1.807) is 13.2 Å². The molecule has 5 nitrogen and oxygen atoms in total. The third-order valence-corrected chi connectivity index (χ3v) is 2.50. The summed E-state index contributed by atoms with van der Waals surface area (Å²) in [6, 6.07) is 0.204. The summed E-state index contributed by atoms with van der Waals surface area (Å²) in [7, 11) is 1.79. The van der Waals surface area contributed by atoms with Gasteiger partial charge in [-0.3, -0.25) is 0 Å². The molecule has 1 aromatic rings. The molecule has 0 aliphatic rings. The topological polar surface area (TPSA) is 59.1 Å². The Balaban J connectivity index is 2.64. The molecular weight excluding hydrogens is 272 g/mol. The fourth-order valence-electron chi connectivity index (χ4n) is 1.16. The molecule has 90 valence electrons. The molecule has 1 atom stereocenters. The van der Waals surface area contributed by atoms with Crippen LogP contribution in [0.3, 0.4) is 0 Å². The average molecular weight is 289 g/mol. The van der Waals surface area contributed by atoms with Crippen molar-refractivity contribution in [3.8, 4) is 0 Å². The van der Waals surface area contributed by atoms with Crippen molar-refractivity contribution in [2.75, 3.05) is 30.9 Å². The number of nitrogens with one attached hydrogen (secondary N) is 2. The number of halogens is 1. The molecule has 6 heteroatoms. The van der Waals surface area contributed by atoms with Crippen LogP contribution < -0.4 is 10.6 Å². The van der Waals surface area contributed by atoms with Crippen LogP contribution in [0.2, 0.25) is 0 Å². The minimum atomic E-state index is 0.204. The molecule has 2 N–H and O–H groups in total. The predicted octanol–water partition coefficient (Wildman–Crippen LogP) is 2.12. The van der Waals surface area contributed by atoms with Gasteiger partial charge in [-0.2, -0.15) is 4.98 Å². The van der Waals surface area contributed by atoms with Crippen molar-refractivity contribution in [3.05, 3.63) is 10.7 Å². The monoisotopic (exact) mass is 288 g/mol. The standard InChI is InChI=1S/C10H17BrN4O/c1-4-16-6-7(2)14-9-8(11)5-13-10(12-3)15-9/h5,7H,4,6H2,1-3H3,(H2,12,13,14,15). The molecule has 1 rings (SSSR count). The number of aromatic nitrogens is 2. The highest BCUT2D eigenvalue weighted by Crippen LogP contribution is 2.20. The lowest BCUT2D eigenvalue weighted by atomic mass is 10.3. The van der Waals surface area contributed by atoms with Gasteiger partial charge in [0.25, 0.3) is 0 Å². The highest BCUT2D eigenvalue weighted by Gasteiger charge is 2.07. The Kier molecular flexibility index (Phi) is 5.48. The van der Waals surface area contributed by atoms with E-state index in [9.17, 15) is 0 Å². The van der Waals surface area contributed by atoms with Crippen molar-refractivity contribution < 1.29 is 4.74 Å². The van der Waals surface area contributed by atoms with Crippen molar-refractivity contribution >= 4 is 27.7 Å². The Hall–Kier alpha value is -0.880. The van der Waals surface area contributed by atoms with Crippen LogP contribution >= 0.6 is 15.9 Å². The Morgan fingerprint density at radius 3 is 2.94 bits per heavy atom. The fourth-order valence-corrected chi connectivity index (χ4v) is 1.46. The van der Waals surface area contributed by atoms with Crippen molar-refractivity contribution in [1.82, 2.24) is 9.97 Å². The zero-order chi connectivity index (χ0) is 12.0. The van der Waals surface area contributed by atoms with E-state index in [2.05, 4.69) is 36.5 Å². The van der Waals surface area contributed by atoms with Crippen LogP contribution in [0.25, 0.3) is 0 Å². The summed E-state index contributed by atoms with van der Waals surface area (Å²) in [4.78, 5) is 8.39. The van der Waals surface area contributed by atoms with Crippen molar-refractivity contribution in [2.45, 2.75) is 19.9 Å². The van der Waals surface area contributed by atoms with Gasteiger partial charge in [-0.05, 0) is 29.8 Å². The van der Waals surface area contributed by atoms with Gasteiger partial charge in [-0.1, -0.05) is 0 Å². The summed E-state index contributed by atoms with van der Waals surface area (Å²) in [5, 5.41) is 6.15. The van der Waals surface area contributed by atoms with Gasteiger partial charge in [-0.15, -0.1) is 0 Å². The maximum Gasteiger partial charge on any atom is 0.224 e. The minimum absolute atomic E-state index is 0.204. The lowest BCUT2D eigenvalue weighted by molar-refractivity contribution is 0.141. The van der Waals surface area contributed by atoms with Gasteiger partial charge in [0.15, 0.2) is 0 Å². The van der Waals surface area contributed by atoms with Crippen molar-refractivity contribution in [2.24, 2.45) is 0 Å². The highest BCUT2D eigenvalue weighted by atomic mass is 79.9. The largest absolute Gasteiger partial charge is 0.380 e. The summed E-state index contributed by atoms with van der Waals surface area (Å²) in [6.07, 6.45) is 1.72. The molecule has 0 fully saturated rings. The molecule has 0 saturated carbocycles. The van der Waals surface area contributed by atoms with Gasteiger partial charge >= 0.3 is 0 Å². The molecule has 0 radical (unpaired) electrons. The van der Waals surface area contributed by atoms with E-state index >= 15 is 0 Å². The zero-order valence-electron chi connectivity index (χ0n) is 9.75. The first-order chi connectivity index (χ1) is 7.67. The summed E-state index contributed by atoms with van der Waals surface area (Å²) >= 11 is 3.40. The van der Waals surface area contributed by atoms with Gasteiger partial charge in [0, 0.05) is 25.9 Å². The molecular formula is C10H17BrN4O. The molecule has 1 aromatic heterocycles. The summed E-state index contributed by atoms with van der Waals surface area (Å²) in [5.74, 6) is 1.36. The van der Waals surface area contributed by atoms with Gasteiger partial charge in [0.1, 0.15) is 5.82 Å². The van der Waals surface area contributed by atoms with E-state index in [0.29, 0.717) is 12.6 Å². The van der Waals surface area contributed by atoms with E-state index < -0.39 is 0 Å². The minimum Gasteiger partial charge on any atom is -0.380 e. The zero-order valence-corrected chi connectivity index (χ0v) is 11.3. The summed E-state index contributed by atoms with van der Waals surface area (Å²) < 4.78 is 6.17. The molecule has 0 spiro atoms. The lowest BCUT2D eigenvalue weighted by Crippen LogP contribution is -2.22. The normalized spacial score (nSPS) is 12.2. The number of anilines is 2. The molecule has 1 heterocycles. The second-order valence-corrected chi connectivity index (χ2v) is 4.20. The van der Waals surface area contributed by atoms with Crippen LogP contribution in [0.1, 0.15) is 13.8 Å². The predicted molar refractivity (Wildman–Crippen MR) is 68.9 cm³/mol. The van der Waals surface area contributed by atoms with Crippen LogP contribution in [-0.2, 0) is 4.74 Å². The van der Waals surface area contributed by atoms with E-state index in [1.165, 1.54) is 0 Å². The maximum absolute atomic E-state index is 5.33. The van der Waals surface area contributed by atoms with Crippen LogP contribution in [-0.4, -0.2) is 36.3 Å². The van der Waals surface area contributed by atoms with Crippen LogP contribution in [0.5, 0.6) is 0 Å². The molecule has 1 unspecified atom stereocenters. The fraction of sp³-hybridized carbons (Fsp3) is 0.600. The molecule has 16 heavy (non-hydrogen) atoms. The van der Waals surface area contributed by atoms with Gasteiger partial charge in [0.05, 0.1) is 11.1 Å². The summed E-state index contributed by atoms with van der Waals surface area (Å²) in [6.45, 7) is 5.40. The molecule has 0 bridgehead atoms. The Morgan fingerprint density at radius 1 is 1.56 bits per heavy atom. The lowest BCUT2D eigenvalue weighted by Gasteiger charge is -2.15. The van der Waals surface area contributed by atoms with Gasteiger partial charge < -0.3 is 15.4 Å². The first-order valence-corrected chi connectivity index (χ1v) is 6.01. The Bertz CT molecular complexity index is 335. The maximum atomic E-state index is 5.33. The molecule has 0 aliphatic heterocycles. The molecule has 0 saturated heterocycles. The van der Waals surface area contributed by atoms with Crippen LogP contribution in [0, 0.1) is 0 Å². The SMILES string of the molecule is CCOCC(C)Nc1nc(NC)ncc1Br. The van der Waals surface area contributed by atoms with Crippen LogP contribution in [0.4, 0.5) is 11.8 Å². The first-order valence-electron chi connectivity index (χ1n) is 5.22. The number of hydrogen-bond acceptors (Lipinski definition) is 5. The Morgan fingerprint density at radius 2 is 2.31 bits per heavy atom. The molecule has 0 amide bonds. The summed E-state index contributed by atoms with van der Waals surface area (Å²) in [5.41, 5.74) is 0. The average Bonchev–Trinajstić information content (AvgIpc) is 2.29. The van der Waals surface area contributed by atoms with Gasteiger partial charge in [-0.25, -0.2) is 4.98 Å². The smallest absolute Gasteiger partial charge is 0.224 e. The number of ether oxygens (including phenoxy) is 1.